The lowest BCUT2D eigenvalue weighted by atomic mass is 9.95. The van der Waals surface area contributed by atoms with Gasteiger partial charge < -0.3 is 25.5 Å². The zero-order valence-corrected chi connectivity index (χ0v) is 35.2. The fourth-order valence-corrected chi connectivity index (χ4v) is 5.95. The highest BCUT2D eigenvalue weighted by molar-refractivity contribution is 7.96. The molecule has 1 aromatic rings. The molecule has 2 aliphatic rings. The van der Waals surface area contributed by atoms with Gasteiger partial charge in [-0.3, -0.25) is 9.62 Å². The van der Waals surface area contributed by atoms with Gasteiger partial charge in [0.05, 0.1) is 6.04 Å². The van der Waals surface area contributed by atoms with Crippen LogP contribution in [0.1, 0.15) is 111 Å². The number of hydrogen-bond donors (Lipinski definition) is 3. The van der Waals surface area contributed by atoms with Crippen LogP contribution in [0.15, 0.2) is 47.6 Å². The number of carbonyl (C=O) groups is 2. The van der Waals surface area contributed by atoms with Gasteiger partial charge >= 0.3 is 0 Å². The van der Waals surface area contributed by atoms with Crippen LogP contribution in [0, 0.1) is 5.92 Å². The molecule has 4 unspecified atom stereocenters. The van der Waals surface area contributed by atoms with Crippen molar-refractivity contribution < 1.29 is 9.59 Å². The summed E-state index contributed by atoms with van der Waals surface area (Å²) in [7, 11) is 5.90. The molecule has 1 aliphatic heterocycles. The summed E-state index contributed by atoms with van der Waals surface area (Å²) in [6.45, 7) is 18.2. The molecule has 1 aliphatic carbocycles. The van der Waals surface area contributed by atoms with E-state index in [9.17, 15) is 9.59 Å². The second-order valence-corrected chi connectivity index (χ2v) is 14.4. The predicted molar refractivity (Wildman–Crippen MR) is 223 cm³/mol. The number of rotatable bonds is 16. The number of unbranched alkanes of at least 4 members (excludes halogenated alkanes) is 3. The van der Waals surface area contributed by atoms with E-state index in [2.05, 4.69) is 66.7 Å². The molecular formula is C41H76ClN5O2S. The Bertz CT molecular complexity index is 997. The lowest BCUT2D eigenvalue weighted by Gasteiger charge is -2.37. The molecule has 0 spiro atoms. The lowest BCUT2D eigenvalue weighted by molar-refractivity contribution is -0.109. The summed E-state index contributed by atoms with van der Waals surface area (Å²) in [5.74, 6) is 0.900. The molecule has 4 atom stereocenters. The SMILES string of the molecule is CC.CC1=C(C(N)CC=O)CCCC=C1.CCCCCCC(C)CC(C)N1CCN(C)CC1.CNC(C=O)Cc1ccc(Cl)cc1.CNSC. The number of nitrogens with zero attached hydrogens (tertiary/aromatic N) is 2. The molecule has 0 amide bonds. The van der Waals surface area contributed by atoms with Crippen molar-refractivity contribution in [2.24, 2.45) is 11.7 Å². The Morgan fingerprint density at radius 3 is 2.16 bits per heavy atom. The maximum absolute atomic E-state index is 10.5. The minimum atomic E-state index is -0.110. The summed E-state index contributed by atoms with van der Waals surface area (Å²) in [5, 5.41) is 3.63. The number of aldehydes is 2. The monoisotopic (exact) mass is 738 g/mol. The number of likely N-dealkylation sites (N-methyl/N-ethyl adjacent to an activating group) is 2. The highest BCUT2D eigenvalue weighted by Gasteiger charge is 2.20. The fraction of sp³-hybridized carbons (Fsp3) is 0.707. The van der Waals surface area contributed by atoms with Crippen LogP contribution in [-0.2, 0) is 16.0 Å². The minimum Gasteiger partial charge on any atom is -0.324 e. The summed E-state index contributed by atoms with van der Waals surface area (Å²) >= 11 is 7.34. The largest absolute Gasteiger partial charge is 0.324 e. The third kappa shape index (κ3) is 26.3. The van der Waals surface area contributed by atoms with E-state index in [-0.39, 0.29) is 12.1 Å². The molecule has 1 saturated heterocycles. The van der Waals surface area contributed by atoms with Gasteiger partial charge in [0.2, 0.25) is 0 Å². The molecule has 0 saturated carbocycles. The van der Waals surface area contributed by atoms with Crippen LogP contribution in [-0.4, -0.2) is 94.1 Å². The van der Waals surface area contributed by atoms with Gasteiger partial charge in [0, 0.05) is 49.7 Å². The van der Waals surface area contributed by atoms with Gasteiger partial charge in [-0.2, -0.15) is 0 Å². The summed E-state index contributed by atoms with van der Waals surface area (Å²) in [6.07, 6.45) is 21.0. The molecule has 1 aromatic carbocycles. The van der Waals surface area contributed by atoms with Crippen molar-refractivity contribution in [3.8, 4) is 0 Å². The zero-order valence-electron chi connectivity index (χ0n) is 33.6. The van der Waals surface area contributed by atoms with Crippen LogP contribution >= 0.6 is 23.5 Å². The first-order chi connectivity index (χ1) is 24.1. The lowest BCUT2D eigenvalue weighted by Crippen LogP contribution is -2.48. The number of hydrogen-bond acceptors (Lipinski definition) is 8. The van der Waals surface area contributed by atoms with Crippen molar-refractivity contribution in [3.05, 3.63) is 58.1 Å². The molecule has 50 heavy (non-hydrogen) atoms. The fourth-order valence-electron chi connectivity index (χ4n) is 5.82. The van der Waals surface area contributed by atoms with Gasteiger partial charge in [0.15, 0.2) is 0 Å². The van der Waals surface area contributed by atoms with Gasteiger partial charge in [0.25, 0.3) is 0 Å². The molecule has 0 bridgehead atoms. The average molecular weight is 739 g/mol. The summed E-state index contributed by atoms with van der Waals surface area (Å²) in [6, 6.07) is 8.11. The molecule has 0 aromatic heterocycles. The van der Waals surface area contributed by atoms with Crippen molar-refractivity contribution in [2.45, 2.75) is 130 Å². The van der Waals surface area contributed by atoms with E-state index in [0.717, 1.165) is 54.4 Å². The zero-order chi connectivity index (χ0) is 38.2. The average Bonchev–Trinajstić information content (AvgIpc) is 3.36. The second-order valence-electron chi connectivity index (χ2n) is 13.2. The summed E-state index contributed by atoms with van der Waals surface area (Å²) in [4.78, 5) is 26.0. The maximum Gasteiger partial charge on any atom is 0.137 e. The first kappa shape index (κ1) is 50.6. The molecule has 4 N–H and O–H groups in total. The highest BCUT2D eigenvalue weighted by Crippen LogP contribution is 2.22. The van der Waals surface area contributed by atoms with Crippen LogP contribution in [0.3, 0.4) is 0 Å². The van der Waals surface area contributed by atoms with Gasteiger partial charge in [0.1, 0.15) is 12.6 Å². The van der Waals surface area contributed by atoms with E-state index >= 15 is 0 Å². The smallest absolute Gasteiger partial charge is 0.137 e. The maximum atomic E-state index is 10.5. The number of allylic oxidation sites excluding steroid dienone is 3. The topological polar surface area (TPSA) is 90.7 Å². The van der Waals surface area contributed by atoms with Gasteiger partial charge in [-0.1, -0.05) is 119 Å². The molecule has 290 valence electrons. The Morgan fingerprint density at radius 1 is 1.02 bits per heavy atom. The normalized spacial score (nSPS) is 17.0. The molecule has 3 rings (SSSR count). The molecule has 9 heteroatoms. The van der Waals surface area contributed by atoms with Crippen LogP contribution in [0.5, 0.6) is 0 Å². The minimum absolute atomic E-state index is 0.0692. The Hall–Kier alpha value is -1.52. The Labute approximate surface area is 318 Å². The predicted octanol–water partition coefficient (Wildman–Crippen LogP) is 8.76. The van der Waals surface area contributed by atoms with E-state index in [1.165, 1.54) is 75.9 Å². The van der Waals surface area contributed by atoms with E-state index in [4.69, 9.17) is 17.3 Å². The quantitative estimate of drug-likeness (QED) is 0.0882. The number of nitrogens with two attached hydrogens (primary N) is 1. The van der Waals surface area contributed by atoms with Crippen molar-refractivity contribution >= 4 is 36.1 Å². The van der Waals surface area contributed by atoms with Gasteiger partial charge in [-0.25, -0.2) is 0 Å². The van der Waals surface area contributed by atoms with Crippen LogP contribution < -0.4 is 15.8 Å². The Balaban J connectivity index is 0. The van der Waals surface area contributed by atoms with Crippen LogP contribution in [0.4, 0.5) is 0 Å². The molecule has 0 radical (unpaired) electrons. The second kappa shape index (κ2) is 34.6. The summed E-state index contributed by atoms with van der Waals surface area (Å²) in [5.41, 5.74) is 9.50. The van der Waals surface area contributed by atoms with Crippen LogP contribution in [0.25, 0.3) is 0 Å². The molecular weight excluding hydrogens is 662 g/mol. The number of carbonyl (C=O) groups excluding carboxylic acids is 2. The molecule has 7 nitrogen and oxygen atoms in total. The Kier molecular flexibility index (Phi) is 35.0. The standard InChI is InChI=1S/C16H34N2.C11H17NO.C10H12ClNO.C2H7NS.C2H6/c1-5-6-7-8-9-15(2)14-16(3)18-12-10-17(4)11-13-18;1-9-5-3-2-4-6-10(9)11(12)7-8-13;1-12-10(7-13)6-8-2-4-9(11)5-3-8;1-3-4-2;1-2/h15-16H,5-14H2,1-4H3;3,5,8,11H,2,4,6-7,12H2,1H3;2-5,7,10,12H,6H2,1H3;3H,1-2H3;1-2H3. The number of piperazine rings is 1. The third-order valence-electron chi connectivity index (χ3n) is 9.05. The van der Waals surface area contributed by atoms with Gasteiger partial charge in [-0.15, -0.1) is 0 Å². The van der Waals surface area contributed by atoms with E-state index in [1.54, 1.807) is 19.0 Å². The van der Waals surface area contributed by atoms with E-state index in [1.807, 2.05) is 51.4 Å². The highest BCUT2D eigenvalue weighted by atomic mass is 35.5. The number of benzene rings is 1. The summed E-state index contributed by atoms with van der Waals surface area (Å²) < 4.78 is 2.85. The molecule has 1 fully saturated rings. The Morgan fingerprint density at radius 2 is 1.64 bits per heavy atom. The van der Waals surface area contributed by atoms with Gasteiger partial charge in [-0.05, 0) is 97.0 Å². The van der Waals surface area contributed by atoms with Crippen molar-refractivity contribution in [2.75, 3.05) is 53.6 Å². The van der Waals surface area contributed by atoms with Crippen molar-refractivity contribution in [1.29, 1.82) is 0 Å². The van der Waals surface area contributed by atoms with E-state index < -0.39 is 0 Å². The number of nitrogens with one attached hydrogen (secondary N) is 2. The number of halogens is 1. The van der Waals surface area contributed by atoms with Crippen molar-refractivity contribution in [1.82, 2.24) is 19.8 Å². The first-order valence-electron chi connectivity index (χ1n) is 19.1. The van der Waals surface area contributed by atoms with Crippen molar-refractivity contribution in [3.63, 3.8) is 0 Å². The van der Waals surface area contributed by atoms with E-state index in [0.29, 0.717) is 12.8 Å². The van der Waals surface area contributed by atoms with Crippen LogP contribution in [0.2, 0.25) is 5.02 Å². The molecule has 1 heterocycles. The first-order valence-corrected chi connectivity index (χ1v) is 20.7. The third-order valence-corrected chi connectivity index (χ3v) is 9.71.